The van der Waals surface area contributed by atoms with Crippen LogP contribution in [0.1, 0.15) is 22.5 Å². The minimum atomic E-state index is 0.912. The van der Waals surface area contributed by atoms with Crippen LogP contribution in [0.3, 0.4) is 0 Å². The molecule has 5 rings (SSSR count). The van der Waals surface area contributed by atoms with Gasteiger partial charge in [-0.1, -0.05) is 30.3 Å². The number of pyridine rings is 1. The van der Waals surface area contributed by atoms with Gasteiger partial charge in [-0.05, 0) is 43.2 Å². The molecule has 1 aliphatic carbocycles. The number of hydrogen-bond acceptors (Lipinski definition) is 1. The lowest BCUT2D eigenvalue weighted by molar-refractivity contribution is -0.721. The Kier molecular flexibility index (Phi) is 2.90. The smallest absolute Gasteiger partial charge is 0.242 e. The van der Waals surface area contributed by atoms with E-state index >= 15 is 0 Å². The first kappa shape index (κ1) is 14.4. The molecule has 3 heteroatoms. The number of rotatable bonds is 1. The first-order valence-corrected chi connectivity index (χ1v) is 8.69. The molecule has 0 atom stereocenters. The van der Waals surface area contributed by atoms with Gasteiger partial charge in [-0.15, -0.1) is 9.36 Å². The van der Waals surface area contributed by atoms with E-state index in [1.165, 1.54) is 44.5 Å². The summed E-state index contributed by atoms with van der Waals surface area (Å²) in [4.78, 5) is 4.77. The molecule has 4 aromatic rings. The first-order valence-electron chi connectivity index (χ1n) is 8.69. The van der Waals surface area contributed by atoms with Crippen molar-refractivity contribution in [2.24, 2.45) is 7.05 Å². The van der Waals surface area contributed by atoms with Crippen molar-refractivity contribution >= 4 is 10.9 Å². The predicted molar refractivity (Wildman–Crippen MR) is 100.0 cm³/mol. The second-order valence-corrected chi connectivity index (χ2v) is 6.94. The summed E-state index contributed by atoms with van der Waals surface area (Å²) < 4.78 is 4.52. The average molecular weight is 326 g/mol. The summed E-state index contributed by atoms with van der Waals surface area (Å²) in [6.45, 7) is 4.22. The highest BCUT2D eigenvalue weighted by atomic mass is 15.4. The van der Waals surface area contributed by atoms with E-state index in [-0.39, 0.29) is 0 Å². The summed E-state index contributed by atoms with van der Waals surface area (Å²) >= 11 is 0. The van der Waals surface area contributed by atoms with Crippen molar-refractivity contribution in [2.75, 3.05) is 0 Å². The normalized spacial score (nSPS) is 12.4. The fraction of sp³-hybridized carbons (Fsp3) is 0.182. The third kappa shape index (κ3) is 1.99. The molecule has 0 fully saturated rings. The Hall–Kier alpha value is -2.94. The van der Waals surface area contributed by atoms with Gasteiger partial charge in [0.1, 0.15) is 5.69 Å². The van der Waals surface area contributed by atoms with Gasteiger partial charge in [0.25, 0.3) is 0 Å². The van der Waals surface area contributed by atoms with Crippen LogP contribution in [-0.4, -0.2) is 9.67 Å². The first-order chi connectivity index (χ1) is 12.1. The second-order valence-electron chi connectivity index (χ2n) is 6.94. The summed E-state index contributed by atoms with van der Waals surface area (Å²) in [6, 6.07) is 17.3. The second kappa shape index (κ2) is 5.03. The molecular formula is C22H20N3+. The fourth-order valence-electron chi connectivity index (χ4n) is 4.11. The standard InChI is InChI=1S/C22H20N3/c1-14-6-4-5-7-21(14)25-13-16-9-11-17-18-10-8-15(2)23-20(18)12-19(17)22(16)24(25)3/h4-11,13H,12H2,1-3H3/q+1. The highest BCUT2D eigenvalue weighted by Gasteiger charge is 2.28. The highest BCUT2D eigenvalue weighted by molar-refractivity contribution is 5.90. The van der Waals surface area contributed by atoms with Crippen LogP contribution in [0.25, 0.3) is 27.7 Å². The SMILES string of the molecule is Cc1ccc2c(n1)Cc1c-2ccc2cn(-c3ccccc3C)[n+](C)c12. The molecule has 0 aliphatic heterocycles. The van der Waals surface area contributed by atoms with Crippen LogP contribution in [0, 0.1) is 13.8 Å². The number of benzene rings is 2. The minimum absolute atomic E-state index is 0.912. The van der Waals surface area contributed by atoms with Gasteiger partial charge in [-0.25, -0.2) is 0 Å². The van der Waals surface area contributed by atoms with Crippen molar-refractivity contribution in [3.63, 3.8) is 0 Å². The van der Waals surface area contributed by atoms with Gasteiger partial charge in [0.05, 0.1) is 17.3 Å². The zero-order valence-electron chi connectivity index (χ0n) is 14.7. The van der Waals surface area contributed by atoms with Crippen LogP contribution in [-0.2, 0) is 13.5 Å². The number of hydrogen-bond donors (Lipinski definition) is 0. The molecule has 2 aromatic carbocycles. The Labute approximate surface area is 147 Å². The predicted octanol–water partition coefficient (Wildman–Crippen LogP) is 4.04. The molecule has 0 amide bonds. The summed E-state index contributed by atoms with van der Waals surface area (Å²) in [7, 11) is 2.15. The van der Waals surface area contributed by atoms with Gasteiger partial charge in [0.2, 0.25) is 5.52 Å². The lowest BCUT2D eigenvalue weighted by Crippen LogP contribution is -2.38. The quantitative estimate of drug-likeness (QED) is 0.426. The van der Waals surface area contributed by atoms with Crippen molar-refractivity contribution in [1.29, 1.82) is 0 Å². The Bertz CT molecular complexity index is 1150. The number of aryl methyl sites for hydroxylation is 3. The molecule has 2 heterocycles. The number of aromatic nitrogens is 3. The average Bonchev–Trinajstić information content (AvgIpc) is 3.12. The Morgan fingerprint density at radius 2 is 1.76 bits per heavy atom. The van der Waals surface area contributed by atoms with Gasteiger partial charge >= 0.3 is 0 Å². The van der Waals surface area contributed by atoms with E-state index < -0.39 is 0 Å². The van der Waals surface area contributed by atoms with Gasteiger partial charge in [0, 0.05) is 23.2 Å². The molecule has 25 heavy (non-hydrogen) atoms. The lowest BCUT2D eigenvalue weighted by Gasteiger charge is -2.04. The topological polar surface area (TPSA) is 21.7 Å². The van der Waals surface area contributed by atoms with Gasteiger partial charge in [-0.3, -0.25) is 4.98 Å². The summed E-state index contributed by atoms with van der Waals surface area (Å²) in [5.41, 5.74) is 10.1. The van der Waals surface area contributed by atoms with Gasteiger partial charge in [0.15, 0.2) is 7.05 Å². The Balaban J connectivity index is 1.78. The van der Waals surface area contributed by atoms with Crippen molar-refractivity contribution in [1.82, 2.24) is 9.67 Å². The summed E-state index contributed by atoms with van der Waals surface area (Å²) in [5, 5.41) is 1.27. The van der Waals surface area contributed by atoms with Crippen molar-refractivity contribution in [3.8, 4) is 16.8 Å². The number of para-hydroxylation sites is 1. The maximum atomic E-state index is 4.77. The minimum Gasteiger partial charge on any atom is -0.257 e. The number of nitrogens with zero attached hydrogens (tertiary/aromatic N) is 3. The van der Waals surface area contributed by atoms with E-state index in [2.05, 4.69) is 85.0 Å². The third-order valence-corrected chi connectivity index (χ3v) is 5.33. The molecule has 3 nitrogen and oxygen atoms in total. The lowest BCUT2D eigenvalue weighted by atomic mass is 10.0. The van der Waals surface area contributed by atoms with Gasteiger partial charge < -0.3 is 0 Å². The van der Waals surface area contributed by atoms with Crippen LogP contribution >= 0.6 is 0 Å². The Morgan fingerprint density at radius 3 is 2.60 bits per heavy atom. The molecule has 0 N–H and O–H groups in total. The molecular weight excluding hydrogens is 306 g/mol. The zero-order chi connectivity index (χ0) is 17.1. The van der Waals surface area contributed by atoms with Crippen LogP contribution in [0.2, 0.25) is 0 Å². The van der Waals surface area contributed by atoms with Crippen LogP contribution in [0.5, 0.6) is 0 Å². The molecule has 0 radical (unpaired) electrons. The van der Waals surface area contributed by atoms with E-state index in [0.717, 1.165) is 12.1 Å². The van der Waals surface area contributed by atoms with Crippen molar-refractivity contribution < 1.29 is 4.68 Å². The molecule has 2 aromatic heterocycles. The molecule has 0 unspecified atom stereocenters. The highest BCUT2D eigenvalue weighted by Crippen LogP contribution is 2.38. The summed E-state index contributed by atoms with van der Waals surface area (Å²) in [5.74, 6) is 0. The molecule has 0 bridgehead atoms. The monoisotopic (exact) mass is 326 g/mol. The van der Waals surface area contributed by atoms with Crippen LogP contribution < -0.4 is 4.68 Å². The molecule has 0 saturated carbocycles. The van der Waals surface area contributed by atoms with Crippen LogP contribution in [0.4, 0.5) is 0 Å². The fourth-order valence-corrected chi connectivity index (χ4v) is 4.11. The summed E-state index contributed by atoms with van der Waals surface area (Å²) in [6.07, 6.45) is 3.15. The maximum absolute atomic E-state index is 4.77. The van der Waals surface area contributed by atoms with Crippen molar-refractivity contribution in [3.05, 3.63) is 77.2 Å². The number of fused-ring (bicyclic) bond motifs is 5. The van der Waals surface area contributed by atoms with E-state index in [4.69, 9.17) is 4.98 Å². The molecule has 0 saturated heterocycles. The van der Waals surface area contributed by atoms with E-state index in [1.807, 2.05) is 0 Å². The largest absolute Gasteiger partial charge is 0.257 e. The van der Waals surface area contributed by atoms with E-state index in [1.54, 1.807) is 0 Å². The van der Waals surface area contributed by atoms with Crippen molar-refractivity contribution in [2.45, 2.75) is 20.3 Å². The maximum Gasteiger partial charge on any atom is 0.242 e. The zero-order valence-corrected chi connectivity index (χ0v) is 14.7. The van der Waals surface area contributed by atoms with Crippen LogP contribution in [0.15, 0.2) is 54.7 Å². The van der Waals surface area contributed by atoms with Gasteiger partial charge in [-0.2, -0.15) is 0 Å². The molecule has 122 valence electrons. The third-order valence-electron chi connectivity index (χ3n) is 5.33. The molecule has 0 spiro atoms. The Morgan fingerprint density at radius 1 is 0.960 bits per heavy atom. The van der Waals surface area contributed by atoms with E-state index in [9.17, 15) is 0 Å². The van der Waals surface area contributed by atoms with E-state index in [0.29, 0.717) is 0 Å². The molecule has 1 aliphatic rings.